The Morgan fingerprint density at radius 2 is 1.60 bits per heavy atom. The third-order valence-electron chi connectivity index (χ3n) is 5.32. The van der Waals surface area contributed by atoms with Gasteiger partial charge < -0.3 is 4.42 Å². The van der Waals surface area contributed by atoms with E-state index in [0.29, 0.717) is 17.5 Å². The summed E-state index contributed by atoms with van der Waals surface area (Å²) in [5.74, 6) is -0.810. The van der Waals surface area contributed by atoms with Crippen LogP contribution in [0, 0.1) is 0 Å². The smallest absolute Gasteiger partial charge is 0.408 e. The fourth-order valence-corrected chi connectivity index (χ4v) is 3.85. The van der Waals surface area contributed by atoms with Crippen molar-refractivity contribution in [2.45, 2.75) is 19.0 Å². The average Bonchev–Trinajstić information content (AvgIpc) is 3.37. The first-order chi connectivity index (χ1) is 14.7. The second kappa shape index (κ2) is 7.48. The third kappa shape index (κ3) is 3.22. The fourth-order valence-electron chi connectivity index (χ4n) is 3.85. The van der Waals surface area contributed by atoms with E-state index in [4.69, 9.17) is 4.42 Å². The van der Waals surface area contributed by atoms with Crippen molar-refractivity contribution in [3.63, 3.8) is 0 Å². The number of carbonyl (C=O) groups excluding carboxylic acids is 1. The van der Waals surface area contributed by atoms with Crippen molar-refractivity contribution in [1.29, 1.82) is 0 Å². The van der Waals surface area contributed by atoms with Gasteiger partial charge in [0, 0.05) is 6.42 Å². The maximum absolute atomic E-state index is 13.3. The van der Waals surface area contributed by atoms with E-state index >= 15 is 0 Å². The summed E-state index contributed by atoms with van der Waals surface area (Å²) < 4.78 is 6.62. The summed E-state index contributed by atoms with van der Waals surface area (Å²) in [4.78, 5) is 25.6. The van der Waals surface area contributed by atoms with Crippen LogP contribution in [0.4, 0.5) is 0 Å². The van der Waals surface area contributed by atoms with Gasteiger partial charge in [0.05, 0.1) is 17.3 Å². The highest BCUT2D eigenvalue weighted by molar-refractivity contribution is 6.03. The first-order valence-electron chi connectivity index (χ1n) is 9.79. The lowest BCUT2D eigenvalue weighted by Crippen LogP contribution is -2.32. The Kier molecular flexibility index (Phi) is 4.52. The van der Waals surface area contributed by atoms with Crippen molar-refractivity contribution in [3.05, 3.63) is 107 Å². The second-order valence-electron chi connectivity index (χ2n) is 7.20. The number of carbonyl (C=O) groups is 1. The molecular formula is C24H19N3O3. The molecule has 1 atom stereocenters. The van der Waals surface area contributed by atoms with E-state index in [0.717, 1.165) is 16.8 Å². The number of oxazole rings is 1. The van der Waals surface area contributed by atoms with E-state index in [1.165, 1.54) is 9.58 Å². The van der Waals surface area contributed by atoms with E-state index in [1.54, 1.807) is 18.2 Å². The molecule has 0 aliphatic carbocycles. The van der Waals surface area contributed by atoms with Gasteiger partial charge in [-0.3, -0.25) is 9.36 Å². The monoisotopic (exact) mass is 397 g/mol. The quantitative estimate of drug-likeness (QED) is 0.523. The van der Waals surface area contributed by atoms with Gasteiger partial charge in [-0.1, -0.05) is 72.8 Å². The van der Waals surface area contributed by atoms with Crippen LogP contribution < -0.4 is 5.76 Å². The summed E-state index contributed by atoms with van der Waals surface area (Å²) in [7, 11) is 0. The number of hydrazone groups is 1. The molecule has 0 saturated carbocycles. The van der Waals surface area contributed by atoms with Crippen LogP contribution in [0.3, 0.4) is 0 Å². The van der Waals surface area contributed by atoms with Gasteiger partial charge in [0.2, 0.25) is 0 Å². The Bertz CT molecular complexity index is 1290. The van der Waals surface area contributed by atoms with Crippen molar-refractivity contribution in [3.8, 4) is 0 Å². The number of benzene rings is 3. The van der Waals surface area contributed by atoms with Crippen molar-refractivity contribution < 1.29 is 9.21 Å². The van der Waals surface area contributed by atoms with Crippen LogP contribution in [-0.2, 0) is 11.3 Å². The Balaban J connectivity index is 1.51. The van der Waals surface area contributed by atoms with Gasteiger partial charge >= 0.3 is 5.76 Å². The number of amides is 1. The molecule has 0 N–H and O–H groups in total. The molecule has 2 heterocycles. The standard InChI is InChI=1S/C24H19N3O3/c28-23(16-26-20-13-7-8-14-22(20)30-24(26)29)27-21(18-11-5-2-6-12-18)15-19(25-27)17-9-3-1-4-10-17/h1-14,21H,15-16H2. The molecule has 1 aliphatic heterocycles. The summed E-state index contributed by atoms with van der Waals surface area (Å²) in [5.41, 5.74) is 3.90. The molecule has 0 fully saturated rings. The molecule has 0 spiro atoms. The van der Waals surface area contributed by atoms with Crippen molar-refractivity contribution in [2.75, 3.05) is 0 Å². The Labute approximate surface area is 172 Å². The first-order valence-corrected chi connectivity index (χ1v) is 9.79. The highest BCUT2D eigenvalue weighted by Crippen LogP contribution is 2.33. The predicted molar refractivity (Wildman–Crippen MR) is 114 cm³/mol. The van der Waals surface area contributed by atoms with E-state index < -0.39 is 5.76 Å². The largest absolute Gasteiger partial charge is 0.420 e. The van der Waals surface area contributed by atoms with Gasteiger partial charge in [-0.15, -0.1) is 0 Å². The molecule has 6 heteroatoms. The zero-order chi connectivity index (χ0) is 20.5. The van der Waals surface area contributed by atoms with Gasteiger partial charge in [0.15, 0.2) is 5.58 Å². The Morgan fingerprint density at radius 1 is 0.933 bits per heavy atom. The molecule has 30 heavy (non-hydrogen) atoms. The van der Waals surface area contributed by atoms with Crippen LogP contribution in [0.2, 0.25) is 0 Å². The Morgan fingerprint density at radius 3 is 2.37 bits per heavy atom. The molecular weight excluding hydrogens is 378 g/mol. The minimum Gasteiger partial charge on any atom is -0.408 e. The van der Waals surface area contributed by atoms with Gasteiger partial charge in [-0.2, -0.15) is 5.10 Å². The number of aromatic nitrogens is 1. The number of nitrogens with zero attached hydrogens (tertiary/aromatic N) is 3. The normalized spacial score (nSPS) is 16.1. The van der Waals surface area contributed by atoms with Gasteiger partial charge in [-0.25, -0.2) is 9.80 Å². The van der Waals surface area contributed by atoms with E-state index in [9.17, 15) is 9.59 Å². The number of hydrogen-bond donors (Lipinski definition) is 0. The minimum atomic E-state index is -0.549. The summed E-state index contributed by atoms with van der Waals surface area (Å²) in [6.07, 6.45) is 0.612. The molecule has 1 amide bonds. The number of rotatable bonds is 4. The van der Waals surface area contributed by atoms with Gasteiger partial charge in [-0.05, 0) is 23.3 Å². The topological polar surface area (TPSA) is 67.8 Å². The lowest BCUT2D eigenvalue weighted by atomic mass is 9.98. The number of para-hydroxylation sites is 2. The molecule has 3 aromatic carbocycles. The van der Waals surface area contributed by atoms with E-state index in [-0.39, 0.29) is 18.5 Å². The van der Waals surface area contributed by atoms with Crippen molar-refractivity contribution >= 4 is 22.7 Å². The predicted octanol–water partition coefficient (Wildman–Crippen LogP) is 3.97. The Hall–Kier alpha value is -3.93. The van der Waals surface area contributed by atoms with Gasteiger partial charge in [0.25, 0.3) is 5.91 Å². The number of hydrogen-bond acceptors (Lipinski definition) is 4. The van der Waals surface area contributed by atoms with Crippen LogP contribution >= 0.6 is 0 Å². The fraction of sp³-hybridized carbons (Fsp3) is 0.125. The average molecular weight is 397 g/mol. The van der Waals surface area contributed by atoms with Crippen LogP contribution in [0.15, 0.2) is 99.2 Å². The molecule has 0 saturated heterocycles. The van der Waals surface area contributed by atoms with Crippen LogP contribution in [0.25, 0.3) is 11.1 Å². The summed E-state index contributed by atoms with van der Waals surface area (Å²) >= 11 is 0. The second-order valence-corrected chi connectivity index (χ2v) is 7.20. The molecule has 0 bridgehead atoms. The first kappa shape index (κ1) is 18.1. The molecule has 6 nitrogen and oxygen atoms in total. The van der Waals surface area contributed by atoms with E-state index in [2.05, 4.69) is 5.10 Å². The molecule has 1 aliphatic rings. The maximum Gasteiger partial charge on any atom is 0.420 e. The molecule has 4 aromatic rings. The molecule has 0 radical (unpaired) electrons. The lowest BCUT2D eigenvalue weighted by Gasteiger charge is -2.22. The van der Waals surface area contributed by atoms with Crippen LogP contribution in [-0.4, -0.2) is 21.2 Å². The van der Waals surface area contributed by atoms with Crippen LogP contribution in [0.1, 0.15) is 23.6 Å². The number of fused-ring (bicyclic) bond motifs is 1. The van der Waals surface area contributed by atoms with E-state index in [1.807, 2.05) is 66.7 Å². The summed E-state index contributed by atoms with van der Waals surface area (Å²) in [6, 6.07) is 26.5. The summed E-state index contributed by atoms with van der Waals surface area (Å²) in [6.45, 7) is -0.134. The highest BCUT2D eigenvalue weighted by atomic mass is 16.4. The highest BCUT2D eigenvalue weighted by Gasteiger charge is 2.33. The van der Waals surface area contributed by atoms with Crippen molar-refractivity contribution in [2.24, 2.45) is 5.10 Å². The molecule has 148 valence electrons. The zero-order valence-corrected chi connectivity index (χ0v) is 16.1. The lowest BCUT2D eigenvalue weighted by molar-refractivity contribution is -0.133. The molecule has 1 aromatic heterocycles. The van der Waals surface area contributed by atoms with Crippen LogP contribution in [0.5, 0.6) is 0 Å². The van der Waals surface area contributed by atoms with Crippen molar-refractivity contribution in [1.82, 2.24) is 9.58 Å². The SMILES string of the molecule is O=C(Cn1c(=O)oc2ccccc21)N1N=C(c2ccccc2)CC1c1ccccc1. The molecule has 1 unspecified atom stereocenters. The minimum absolute atomic E-state index is 0.134. The zero-order valence-electron chi connectivity index (χ0n) is 16.1. The molecule has 5 rings (SSSR count). The summed E-state index contributed by atoms with van der Waals surface area (Å²) in [5, 5.41) is 6.17. The maximum atomic E-state index is 13.3. The third-order valence-corrected chi connectivity index (χ3v) is 5.32. The van der Waals surface area contributed by atoms with Gasteiger partial charge in [0.1, 0.15) is 6.54 Å².